The number of aromatic carboxylic acids is 1. The molecule has 2 atom stereocenters. The van der Waals surface area contributed by atoms with E-state index in [4.69, 9.17) is 9.84 Å². The fraction of sp³-hybridized carbons (Fsp3) is 0.522. The fourth-order valence-corrected chi connectivity index (χ4v) is 3.13. The number of carboxylic acids is 1. The van der Waals surface area contributed by atoms with Gasteiger partial charge < -0.3 is 9.84 Å². The van der Waals surface area contributed by atoms with Crippen molar-refractivity contribution in [2.24, 2.45) is 0 Å². The van der Waals surface area contributed by atoms with Gasteiger partial charge in [-0.1, -0.05) is 88.3 Å². The van der Waals surface area contributed by atoms with Gasteiger partial charge >= 0.3 is 5.97 Å². The van der Waals surface area contributed by atoms with Crippen molar-refractivity contribution in [1.82, 2.24) is 0 Å². The number of rotatable bonds is 13. The first kappa shape index (κ1) is 23.8. The van der Waals surface area contributed by atoms with E-state index in [1.807, 2.05) is 18.2 Å². The van der Waals surface area contributed by atoms with Gasteiger partial charge in [0.2, 0.25) is 0 Å². The number of allylic oxidation sites excluding steroid dienone is 3. The average molecular weight is 363 g/mol. The first-order valence-corrected chi connectivity index (χ1v) is 10.0. The molecule has 0 spiro atoms. The second-order valence-corrected chi connectivity index (χ2v) is 7.03. The molecule has 0 amide bonds. The number of hydrogen-bond donors (Lipinski definition) is 1. The molecule has 2 unspecified atom stereocenters. The van der Waals surface area contributed by atoms with E-state index in [2.05, 4.69) is 19.1 Å². The molecule has 143 valence electrons. The average Bonchev–Trinajstić information content (AvgIpc) is 3.42. The van der Waals surface area contributed by atoms with Crippen LogP contribution in [0.3, 0.4) is 0 Å². The predicted octanol–water partition coefficient (Wildman–Crippen LogP) is 6.09. The van der Waals surface area contributed by atoms with Crippen LogP contribution in [0.4, 0.5) is 0 Å². The van der Waals surface area contributed by atoms with Crippen LogP contribution in [0.15, 0.2) is 48.6 Å². The molecular formula is C23H32LiO3. The molecule has 1 aromatic rings. The molecule has 0 aliphatic carbocycles. The first-order chi connectivity index (χ1) is 12.7. The van der Waals surface area contributed by atoms with Gasteiger partial charge in [-0.2, -0.15) is 0 Å². The zero-order valence-corrected chi connectivity index (χ0v) is 16.9. The van der Waals surface area contributed by atoms with Crippen molar-refractivity contribution < 1.29 is 14.6 Å². The third-order valence-electron chi connectivity index (χ3n) is 4.76. The quantitative estimate of drug-likeness (QED) is 0.200. The van der Waals surface area contributed by atoms with Crippen molar-refractivity contribution >= 4 is 24.8 Å². The van der Waals surface area contributed by atoms with Crippen LogP contribution in [0, 0.1) is 0 Å². The first-order valence-electron chi connectivity index (χ1n) is 10.0. The molecule has 1 saturated heterocycles. The van der Waals surface area contributed by atoms with Crippen molar-refractivity contribution in [3.63, 3.8) is 0 Å². The summed E-state index contributed by atoms with van der Waals surface area (Å²) < 4.78 is 5.62. The van der Waals surface area contributed by atoms with Crippen LogP contribution >= 0.6 is 0 Å². The van der Waals surface area contributed by atoms with E-state index in [0.29, 0.717) is 5.56 Å². The summed E-state index contributed by atoms with van der Waals surface area (Å²) in [6.45, 7) is 2.26. The van der Waals surface area contributed by atoms with Crippen molar-refractivity contribution in [2.75, 3.05) is 0 Å². The Morgan fingerprint density at radius 3 is 2.48 bits per heavy atom. The van der Waals surface area contributed by atoms with Gasteiger partial charge in [0.1, 0.15) is 12.2 Å². The van der Waals surface area contributed by atoms with Crippen LogP contribution < -0.4 is 0 Å². The molecule has 4 heteroatoms. The fourth-order valence-electron chi connectivity index (χ4n) is 3.13. The maximum absolute atomic E-state index is 11.0. The number of epoxide rings is 1. The zero-order valence-electron chi connectivity index (χ0n) is 16.9. The molecular weight excluding hydrogens is 331 g/mol. The normalized spacial score (nSPS) is 18.7. The van der Waals surface area contributed by atoms with Crippen molar-refractivity contribution in [3.05, 3.63) is 59.7 Å². The molecule has 1 aliphatic heterocycles. The molecule has 1 aliphatic rings. The molecule has 27 heavy (non-hydrogen) atoms. The van der Waals surface area contributed by atoms with Crippen LogP contribution in [0.1, 0.15) is 86.7 Å². The Morgan fingerprint density at radius 1 is 1.07 bits per heavy atom. The van der Waals surface area contributed by atoms with Gasteiger partial charge in [-0.15, -0.1) is 0 Å². The number of ether oxygens (including phenoxy) is 1. The summed E-state index contributed by atoms with van der Waals surface area (Å²) in [5, 5.41) is 9.04. The molecule has 1 aromatic carbocycles. The van der Waals surface area contributed by atoms with Gasteiger partial charge in [0.05, 0.1) is 5.56 Å². The largest absolute Gasteiger partial charge is 0.478 e. The summed E-state index contributed by atoms with van der Waals surface area (Å²) >= 11 is 0. The number of benzene rings is 1. The van der Waals surface area contributed by atoms with E-state index in [1.165, 1.54) is 51.4 Å². The van der Waals surface area contributed by atoms with E-state index in [-0.39, 0.29) is 31.1 Å². The molecule has 0 saturated carbocycles. The third kappa shape index (κ3) is 9.47. The van der Waals surface area contributed by atoms with E-state index in [0.717, 1.165) is 12.0 Å². The van der Waals surface area contributed by atoms with Crippen molar-refractivity contribution in [3.8, 4) is 0 Å². The molecule has 1 heterocycles. The minimum absolute atomic E-state index is 0. The SMILES string of the molecule is CCCCCCCCCCC=CC=CC1OC1c1cccc(C(=O)O)c1.[Li]. The second kappa shape index (κ2) is 13.8. The summed E-state index contributed by atoms with van der Waals surface area (Å²) in [5.74, 6) is -0.900. The monoisotopic (exact) mass is 363 g/mol. The second-order valence-electron chi connectivity index (χ2n) is 7.03. The summed E-state index contributed by atoms with van der Waals surface area (Å²) in [7, 11) is 0. The van der Waals surface area contributed by atoms with Crippen molar-refractivity contribution in [2.45, 2.75) is 76.9 Å². The summed E-state index contributed by atoms with van der Waals surface area (Å²) in [5.41, 5.74) is 1.24. The van der Waals surface area contributed by atoms with E-state index in [1.54, 1.807) is 18.2 Å². The molecule has 1 N–H and O–H groups in total. The van der Waals surface area contributed by atoms with Gasteiger partial charge in [-0.3, -0.25) is 0 Å². The van der Waals surface area contributed by atoms with Crippen LogP contribution in [0.25, 0.3) is 0 Å². The summed E-state index contributed by atoms with van der Waals surface area (Å²) in [4.78, 5) is 11.0. The topological polar surface area (TPSA) is 49.8 Å². The number of carboxylic acid groups (broad SMARTS) is 1. The van der Waals surface area contributed by atoms with Crippen LogP contribution in [-0.2, 0) is 4.74 Å². The Labute approximate surface area is 176 Å². The van der Waals surface area contributed by atoms with Crippen LogP contribution in [0.2, 0.25) is 0 Å². The Balaban J connectivity index is 0.00000364. The standard InChI is InChI=1S/C23H32O3.Li/c1-2-3-4-5-6-7-8-9-10-11-12-13-17-21-22(26-21)19-15-14-16-20(18-19)23(24)25;/h11-18,21-22H,2-10H2,1H3,(H,24,25);. The number of carbonyl (C=O) groups is 1. The molecule has 2 rings (SSSR count). The van der Waals surface area contributed by atoms with Crippen molar-refractivity contribution in [1.29, 1.82) is 0 Å². The predicted molar refractivity (Wildman–Crippen MR) is 112 cm³/mol. The summed E-state index contributed by atoms with van der Waals surface area (Å²) in [6.07, 6.45) is 20.4. The number of hydrogen-bond acceptors (Lipinski definition) is 2. The Morgan fingerprint density at radius 2 is 1.78 bits per heavy atom. The van der Waals surface area contributed by atoms with Gasteiger partial charge in [-0.25, -0.2) is 4.79 Å². The smallest absolute Gasteiger partial charge is 0.335 e. The van der Waals surface area contributed by atoms with E-state index in [9.17, 15) is 4.79 Å². The molecule has 0 aromatic heterocycles. The van der Waals surface area contributed by atoms with Gasteiger partial charge in [0, 0.05) is 18.9 Å². The molecule has 1 radical (unpaired) electrons. The minimum Gasteiger partial charge on any atom is -0.478 e. The Hall–Kier alpha value is -1.27. The zero-order chi connectivity index (χ0) is 18.6. The Bertz CT molecular complexity index is 609. The number of unbranched alkanes of at least 4 members (excludes halogenated alkanes) is 8. The molecule has 3 nitrogen and oxygen atoms in total. The van der Waals surface area contributed by atoms with E-state index < -0.39 is 5.97 Å². The maximum Gasteiger partial charge on any atom is 0.335 e. The van der Waals surface area contributed by atoms with Gasteiger partial charge in [0.15, 0.2) is 0 Å². The van der Waals surface area contributed by atoms with Gasteiger partial charge in [0.25, 0.3) is 0 Å². The van der Waals surface area contributed by atoms with E-state index >= 15 is 0 Å². The van der Waals surface area contributed by atoms with Crippen LogP contribution in [0.5, 0.6) is 0 Å². The van der Waals surface area contributed by atoms with Crippen LogP contribution in [-0.4, -0.2) is 36.0 Å². The Kier molecular flexibility index (Phi) is 12.2. The minimum atomic E-state index is -0.900. The molecule has 0 bridgehead atoms. The third-order valence-corrected chi connectivity index (χ3v) is 4.76. The maximum atomic E-state index is 11.0. The summed E-state index contributed by atoms with van der Waals surface area (Å²) in [6, 6.07) is 6.99. The molecule has 1 fully saturated rings. The van der Waals surface area contributed by atoms with Gasteiger partial charge in [-0.05, 0) is 30.5 Å².